The molecule has 128 valence electrons. The van der Waals surface area contributed by atoms with Crippen molar-refractivity contribution in [1.29, 1.82) is 0 Å². The minimum absolute atomic E-state index is 0.123. The first-order valence-electron chi connectivity index (χ1n) is 8.26. The van der Waals surface area contributed by atoms with Crippen molar-refractivity contribution in [1.82, 2.24) is 4.98 Å². The summed E-state index contributed by atoms with van der Waals surface area (Å²) in [5, 5.41) is 10.8. The van der Waals surface area contributed by atoms with Crippen molar-refractivity contribution >= 4 is 5.82 Å². The quantitative estimate of drug-likeness (QED) is 0.897. The van der Waals surface area contributed by atoms with Crippen LogP contribution in [-0.2, 0) is 6.18 Å². The Kier molecular flexibility index (Phi) is 4.07. The standard InChI is InChI=1S/C17H23F3N2O/c1-3-16(23)6-4-5-12-9-22(10-14(12)16)15-8-13(17(18,19)20)7-11(2)21-15/h7-8,12,14,23H,3-6,9-10H2,1-2H3/t12-,14+,16-/m1/s1. The van der Waals surface area contributed by atoms with Gasteiger partial charge in [-0.1, -0.05) is 13.3 Å². The monoisotopic (exact) mass is 328 g/mol. The minimum atomic E-state index is -4.36. The van der Waals surface area contributed by atoms with Gasteiger partial charge in [0.2, 0.25) is 0 Å². The van der Waals surface area contributed by atoms with Crippen LogP contribution in [0.3, 0.4) is 0 Å². The van der Waals surface area contributed by atoms with Crippen LogP contribution in [0.1, 0.15) is 43.9 Å². The van der Waals surface area contributed by atoms with Crippen LogP contribution in [0, 0.1) is 18.8 Å². The first kappa shape index (κ1) is 16.6. The third kappa shape index (κ3) is 3.05. The number of pyridine rings is 1. The fraction of sp³-hybridized carbons (Fsp3) is 0.706. The highest BCUT2D eigenvalue weighted by Gasteiger charge is 2.48. The average molecular weight is 328 g/mol. The van der Waals surface area contributed by atoms with Crippen molar-refractivity contribution in [3.8, 4) is 0 Å². The molecule has 0 unspecified atom stereocenters. The van der Waals surface area contributed by atoms with E-state index in [9.17, 15) is 18.3 Å². The number of hydrogen-bond acceptors (Lipinski definition) is 3. The summed E-state index contributed by atoms with van der Waals surface area (Å²) in [6, 6.07) is 2.21. The van der Waals surface area contributed by atoms with Gasteiger partial charge in [0.05, 0.1) is 11.2 Å². The molecule has 1 saturated heterocycles. The molecule has 1 aliphatic heterocycles. The minimum Gasteiger partial charge on any atom is -0.390 e. The van der Waals surface area contributed by atoms with Crippen LogP contribution >= 0.6 is 0 Å². The van der Waals surface area contributed by atoms with Crippen LogP contribution in [0.2, 0.25) is 0 Å². The smallest absolute Gasteiger partial charge is 0.390 e. The Bertz CT molecular complexity index is 590. The molecule has 0 radical (unpaired) electrons. The van der Waals surface area contributed by atoms with Crippen molar-refractivity contribution < 1.29 is 18.3 Å². The number of anilines is 1. The molecule has 0 spiro atoms. The molecule has 1 aromatic rings. The van der Waals surface area contributed by atoms with Gasteiger partial charge >= 0.3 is 6.18 Å². The van der Waals surface area contributed by atoms with E-state index in [1.54, 1.807) is 6.92 Å². The summed E-state index contributed by atoms with van der Waals surface area (Å²) in [5.41, 5.74) is -0.968. The summed E-state index contributed by atoms with van der Waals surface area (Å²) in [6.07, 6.45) is -0.875. The Hall–Kier alpha value is -1.30. The number of aryl methyl sites for hydroxylation is 1. The number of aliphatic hydroxyl groups is 1. The molecule has 0 amide bonds. The zero-order valence-electron chi connectivity index (χ0n) is 13.5. The van der Waals surface area contributed by atoms with Crippen LogP contribution in [0.25, 0.3) is 0 Å². The molecule has 3 rings (SSSR count). The first-order chi connectivity index (χ1) is 10.7. The Morgan fingerprint density at radius 3 is 2.74 bits per heavy atom. The van der Waals surface area contributed by atoms with Gasteiger partial charge in [0, 0.05) is 24.7 Å². The lowest BCUT2D eigenvalue weighted by Gasteiger charge is -2.40. The van der Waals surface area contributed by atoms with Crippen LogP contribution in [-0.4, -0.2) is 28.8 Å². The Balaban J connectivity index is 1.88. The zero-order chi connectivity index (χ0) is 16.8. The maximum absolute atomic E-state index is 13.0. The summed E-state index contributed by atoms with van der Waals surface area (Å²) >= 11 is 0. The predicted molar refractivity (Wildman–Crippen MR) is 82.3 cm³/mol. The molecule has 0 bridgehead atoms. The highest BCUT2D eigenvalue weighted by atomic mass is 19.4. The number of halogens is 3. The largest absolute Gasteiger partial charge is 0.416 e. The SMILES string of the molecule is CC[C@@]1(O)CCC[C@@H]2CN(c3cc(C(F)(F)F)cc(C)n3)C[C@@H]21. The number of alkyl halides is 3. The van der Waals surface area contributed by atoms with Crippen molar-refractivity contribution in [3.63, 3.8) is 0 Å². The summed E-state index contributed by atoms with van der Waals surface area (Å²) in [5.74, 6) is 0.841. The molecule has 0 aromatic carbocycles. The summed E-state index contributed by atoms with van der Waals surface area (Å²) in [7, 11) is 0. The number of nitrogens with zero attached hydrogens (tertiary/aromatic N) is 2. The molecule has 1 aliphatic carbocycles. The summed E-state index contributed by atoms with van der Waals surface area (Å²) < 4.78 is 39.1. The summed E-state index contributed by atoms with van der Waals surface area (Å²) in [6.45, 7) is 4.84. The molecule has 3 nitrogen and oxygen atoms in total. The maximum atomic E-state index is 13.0. The van der Waals surface area contributed by atoms with E-state index >= 15 is 0 Å². The second-order valence-corrected chi connectivity index (χ2v) is 6.97. The topological polar surface area (TPSA) is 36.4 Å². The van der Waals surface area contributed by atoms with Gasteiger partial charge in [0.1, 0.15) is 5.82 Å². The molecular formula is C17H23F3N2O. The number of fused-ring (bicyclic) bond motifs is 1. The molecule has 2 fully saturated rings. The Morgan fingerprint density at radius 2 is 2.09 bits per heavy atom. The Labute approximate surface area is 134 Å². The van der Waals surface area contributed by atoms with E-state index in [4.69, 9.17) is 0 Å². The molecule has 1 saturated carbocycles. The fourth-order valence-corrected chi connectivity index (χ4v) is 4.23. The molecule has 3 atom stereocenters. The lowest BCUT2D eigenvalue weighted by atomic mass is 9.69. The van der Waals surface area contributed by atoms with E-state index in [1.807, 2.05) is 11.8 Å². The van der Waals surface area contributed by atoms with Gasteiger partial charge in [0.15, 0.2) is 0 Å². The molecule has 2 heterocycles. The number of hydrogen-bond donors (Lipinski definition) is 1. The van der Waals surface area contributed by atoms with E-state index in [0.29, 0.717) is 36.9 Å². The third-order valence-corrected chi connectivity index (χ3v) is 5.52. The van der Waals surface area contributed by atoms with Gasteiger partial charge in [0.25, 0.3) is 0 Å². The normalized spacial score (nSPS) is 31.3. The van der Waals surface area contributed by atoms with Crippen molar-refractivity contribution in [2.75, 3.05) is 18.0 Å². The molecule has 1 N–H and O–H groups in total. The van der Waals surface area contributed by atoms with Crippen LogP contribution < -0.4 is 4.90 Å². The van der Waals surface area contributed by atoms with E-state index in [-0.39, 0.29) is 5.92 Å². The van der Waals surface area contributed by atoms with E-state index < -0.39 is 17.3 Å². The lowest BCUT2D eigenvalue weighted by molar-refractivity contribution is -0.137. The highest BCUT2D eigenvalue weighted by molar-refractivity contribution is 5.45. The molecule has 23 heavy (non-hydrogen) atoms. The first-order valence-corrected chi connectivity index (χ1v) is 8.26. The molecule has 2 aliphatic rings. The van der Waals surface area contributed by atoms with E-state index in [0.717, 1.165) is 31.4 Å². The second kappa shape index (κ2) is 5.65. The predicted octanol–water partition coefficient (Wildman–Crippen LogP) is 3.79. The number of aromatic nitrogens is 1. The second-order valence-electron chi connectivity index (χ2n) is 6.97. The van der Waals surface area contributed by atoms with E-state index in [2.05, 4.69) is 4.98 Å². The van der Waals surface area contributed by atoms with Crippen LogP contribution in [0.15, 0.2) is 12.1 Å². The van der Waals surface area contributed by atoms with Gasteiger partial charge in [-0.25, -0.2) is 4.98 Å². The molecule has 1 aromatic heterocycles. The van der Waals surface area contributed by atoms with Gasteiger partial charge in [-0.3, -0.25) is 0 Å². The number of rotatable bonds is 2. The molecular weight excluding hydrogens is 305 g/mol. The van der Waals surface area contributed by atoms with Gasteiger partial charge in [-0.2, -0.15) is 13.2 Å². The van der Waals surface area contributed by atoms with Gasteiger partial charge in [-0.05, 0) is 44.2 Å². The van der Waals surface area contributed by atoms with Gasteiger partial charge in [-0.15, -0.1) is 0 Å². The zero-order valence-corrected chi connectivity index (χ0v) is 13.5. The highest BCUT2D eigenvalue weighted by Crippen LogP contribution is 2.45. The third-order valence-electron chi connectivity index (χ3n) is 5.52. The van der Waals surface area contributed by atoms with Crippen molar-refractivity contribution in [2.24, 2.45) is 11.8 Å². The van der Waals surface area contributed by atoms with Crippen molar-refractivity contribution in [3.05, 3.63) is 23.4 Å². The van der Waals surface area contributed by atoms with Crippen LogP contribution in [0.4, 0.5) is 19.0 Å². The maximum Gasteiger partial charge on any atom is 0.416 e. The fourth-order valence-electron chi connectivity index (χ4n) is 4.23. The van der Waals surface area contributed by atoms with Gasteiger partial charge < -0.3 is 10.0 Å². The van der Waals surface area contributed by atoms with E-state index in [1.165, 1.54) is 0 Å². The van der Waals surface area contributed by atoms with Crippen LogP contribution in [0.5, 0.6) is 0 Å². The average Bonchev–Trinajstić information content (AvgIpc) is 2.92. The Morgan fingerprint density at radius 1 is 1.35 bits per heavy atom. The van der Waals surface area contributed by atoms with Crippen molar-refractivity contribution in [2.45, 2.75) is 51.3 Å². The molecule has 6 heteroatoms. The summed E-state index contributed by atoms with van der Waals surface area (Å²) in [4.78, 5) is 6.23. The lowest BCUT2D eigenvalue weighted by Crippen LogP contribution is -2.44.